The van der Waals surface area contributed by atoms with Gasteiger partial charge in [-0.25, -0.2) is 4.98 Å². The molecule has 0 amide bonds. The van der Waals surface area contributed by atoms with Gasteiger partial charge >= 0.3 is 0 Å². The van der Waals surface area contributed by atoms with Crippen molar-refractivity contribution in [3.63, 3.8) is 0 Å². The SMILES string of the molecule is COCC(CNc1nccc2c(Br)cccc12)OC. The highest BCUT2D eigenvalue weighted by Gasteiger charge is 2.09. The van der Waals surface area contributed by atoms with Gasteiger partial charge in [0.25, 0.3) is 0 Å². The van der Waals surface area contributed by atoms with Gasteiger partial charge in [-0.1, -0.05) is 28.1 Å². The maximum Gasteiger partial charge on any atom is 0.133 e. The van der Waals surface area contributed by atoms with Crippen molar-refractivity contribution < 1.29 is 9.47 Å². The molecule has 1 heterocycles. The van der Waals surface area contributed by atoms with Crippen LogP contribution in [-0.4, -0.2) is 38.5 Å². The second-order valence-corrected chi connectivity index (χ2v) is 5.04. The van der Waals surface area contributed by atoms with Crippen LogP contribution in [0.5, 0.6) is 0 Å². The van der Waals surface area contributed by atoms with E-state index < -0.39 is 0 Å². The fourth-order valence-electron chi connectivity index (χ4n) is 1.92. The van der Waals surface area contributed by atoms with Crippen molar-refractivity contribution >= 4 is 32.5 Å². The predicted octanol–water partition coefficient (Wildman–Crippen LogP) is 3.07. The van der Waals surface area contributed by atoms with Gasteiger partial charge in [0.15, 0.2) is 0 Å². The van der Waals surface area contributed by atoms with Crippen LogP contribution in [-0.2, 0) is 9.47 Å². The Labute approximate surface area is 121 Å². The molecule has 4 nitrogen and oxygen atoms in total. The number of nitrogens with zero attached hydrogens (tertiary/aromatic N) is 1. The van der Waals surface area contributed by atoms with E-state index in [4.69, 9.17) is 9.47 Å². The summed E-state index contributed by atoms with van der Waals surface area (Å²) in [6.45, 7) is 1.21. The molecule has 0 fully saturated rings. The molecular weight excluding hydrogens is 308 g/mol. The number of halogens is 1. The third-order valence-corrected chi connectivity index (χ3v) is 3.63. The number of anilines is 1. The summed E-state index contributed by atoms with van der Waals surface area (Å²) in [5.41, 5.74) is 0. The lowest BCUT2D eigenvalue weighted by molar-refractivity contribution is 0.0365. The zero-order valence-electron chi connectivity index (χ0n) is 11.0. The molecule has 2 rings (SSSR count). The average Bonchev–Trinajstić information content (AvgIpc) is 2.44. The maximum atomic E-state index is 5.32. The van der Waals surface area contributed by atoms with E-state index in [2.05, 4.69) is 26.2 Å². The summed E-state index contributed by atoms with van der Waals surface area (Å²) in [6.07, 6.45) is 1.81. The quantitative estimate of drug-likeness (QED) is 0.886. The van der Waals surface area contributed by atoms with Crippen LogP contribution in [0.25, 0.3) is 10.8 Å². The van der Waals surface area contributed by atoms with Crippen LogP contribution in [0.3, 0.4) is 0 Å². The summed E-state index contributed by atoms with van der Waals surface area (Å²) in [5.74, 6) is 0.858. The Morgan fingerprint density at radius 2 is 2.11 bits per heavy atom. The largest absolute Gasteiger partial charge is 0.382 e. The first kappa shape index (κ1) is 14.2. The number of pyridine rings is 1. The first-order valence-electron chi connectivity index (χ1n) is 6.05. The van der Waals surface area contributed by atoms with E-state index in [0.717, 1.165) is 21.1 Å². The van der Waals surface area contributed by atoms with Gasteiger partial charge < -0.3 is 14.8 Å². The fourth-order valence-corrected chi connectivity index (χ4v) is 2.41. The van der Waals surface area contributed by atoms with Crippen LogP contribution < -0.4 is 5.32 Å². The van der Waals surface area contributed by atoms with E-state index >= 15 is 0 Å². The molecule has 2 aromatic rings. The van der Waals surface area contributed by atoms with Crippen molar-refractivity contribution in [2.24, 2.45) is 0 Å². The molecule has 0 radical (unpaired) electrons. The van der Waals surface area contributed by atoms with Crippen LogP contribution in [0.4, 0.5) is 5.82 Å². The van der Waals surface area contributed by atoms with E-state index in [1.165, 1.54) is 0 Å². The number of methoxy groups -OCH3 is 2. The summed E-state index contributed by atoms with van der Waals surface area (Å²) >= 11 is 3.55. The molecule has 0 bridgehead atoms. The van der Waals surface area contributed by atoms with Crippen molar-refractivity contribution in [3.05, 3.63) is 34.9 Å². The summed E-state index contributed by atoms with van der Waals surface area (Å²) in [4.78, 5) is 4.39. The van der Waals surface area contributed by atoms with E-state index in [-0.39, 0.29) is 6.10 Å². The summed E-state index contributed by atoms with van der Waals surface area (Å²) in [6, 6.07) is 8.07. The average molecular weight is 325 g/mol. The lowest BCUT2D eigenvalue weighted by atomic mass is 10.1. The summed E-state index contributed by atoms with van der Waals surface area (Å²) < 4.78 is 11.5. The Morgan fingerprint density at radius 1 is 1.26 bits per heavy atom. The van der Waals surface area contributed by atoms with Crippen molar-refractivity contribution in [2.75, 3.05) is 32.7 Å². The minimum atomic E-state index is 0.00853. The first-order chi connectivity index (χ1) is 9.26. The second-order valence-electron chi connectivity index (χ2n) is 4.19. The van der Waals surface area contributed by atoms with E-state index in [9.17, 15) is 0 Å². The molecule has 1 aromatic carbocycles. The van der Waals surface area contributed by atoms with Crippen LogP contribution in [0.1, 0.15) is 0 Å². The molecule has 0 spiro atoms. The van der Waals surface area contributed by atoms with Gasteiger partial charge in [-0.15, -0.1) is 0 Å². The van der Waals surface area contributed by atoms with E-state index in [1.807, 2.05) is 24.3 Å². The van der Waals surface area contributed by atoms with Gasteiger partial charge in [0.2, 0.25) is 0 Å². The van der Waals surface area contributed by atoms with Crippen LogP contribution in [0.2, 0.25) is 0 Å². The Bertz CT molecular complexity index is 548. The smallest absolute Gasteiger partial charge is 0.133 e. The molecule has 0 aliphatic rings. The lowest BCUT2D eigenvalue weighted by Gasteiger charge is -2.16. The third-order valence-electron chi connectivity index (χ3n) is 2.94. The number of rotatable bonds is 6. The molecule has 1 N–H and O–H groups in total. The minimum Gasteiger partial charge on any atom is -0.382 e. The number of aromatic nitrogens is 1. The molecular formula is C14H17BrN2O2. The molecule has 0 saturated heterocycles. The molecule has 1 aromatic heterocycles. The Kier molecular flexibility index (Phi) is 5.13. The molecule has 0 aliphatic heterocycles. The number of ether oxygens (including phenoxy) is 2. The topological polar surface area (TPSA) is 43.4 Å². The van der Waals surface area contributed by atoms with Gasteiger partial charge in [0, 0.05) is 42.2 Å². The number of fused-ring (bicyclic) bond motifs is 1. The molecule has 1 unspecified atom stereocenters. The lowest BCUT2D eigenvalue weighted by Crippen LogP contribution is -2.26. The molecule has 1 atom stereocenters. The zero-order chi connectivity index (χ0) is 13.7. The molecule has 19 heavy (non-hydrogen) atoms. The second kappa shape index (κ2) is 6.84. The summed E-state index contributed by atoms with van der Waals surface area (Å²) in [5, 5.41) is 5.54. The van der Waals surface area contributed by atoms with Gasteiger partial charge in [-0.3, -0.25) is 0 Å². The number of nitrogens with one attached hydrogen (secondary N) is 1. The van der Waals surface area contributed by atoms with Crippen molar-refractivity contribution in [3.8, 4) is 0 Å². The highest BCUT2D eigenvalue weighted by atomic mass is 79.9. The molecule has 102 valence electrons. The molecule has 5 heteroatoms. The number of benzene rings is 1. The van der Waals surface area contributed by atoms with Crippen molar-refractivity contribution in [1.29, 1.82) is 0 Å². The number of hydrogen-bond donors (Lipinski definition) is 1. The normalized spacial score (nSPS) is 12.6. The Morgan fingerprint density at radius 3 is 2.84 bits per heavy atom. The molecule has 0 saturated carbocycles. The first-order valence-corrected chi connectivity index (χ1v) is 6.84. The van der Waals surface area contributed by atoms with Gasteiger partial charge in [0.05, 0.1) is 12.7 Å². The predicted molar refractivity (Wildman–Crippen MR) is 80.6 cm³/mol. The van der Waals surface area contributed by atoms with Crippen LogP contribution in [0, 0.1) is 0 Å². The number of hydrogen-bond acceptors (Lipinski definition) is 4. The maximum absolute atomic E-state index is 5.32. The minimum absolute atomic E-state index is 0.00853. The van der Waals surface area contributed by atoms with Gasteiger partial charge in [0.1, 0.15) is 5.82 Å². The van der Waals surface area contributed by atoms with Crippen LogP contribution >= 0.6 is 15.9 Å². The van der Waals surface area contributed by atoms with Crippen molar-refractivity contribution in [2.45, 2.75) is 6.10 Å². The van der Waals surface area contributed by atoms with E-state index in [1.54, 1.807) is 20.4 Å². The third kappa shape index (κ3) is 3.43. The van der Waals surface area contributed by atoms with Gasteiger partial charge in [-0.05, 0) is 12.1 Å². The van der Waals surface area contributed by atoms with Gasteiger partial charge in [-0.2, -0.15) is 0 Å². The summed E-state index contributed by atoms with van der Waals surface area (Å²) in [7, 11) is 3.35. The monoisotopic (exact) mass is 324 g/mol. The van der Waals surface area contributed by atoms with E-state index in [0.29, 0.717) is 13.2 Å². The highest BCUT2D eigenvalue weighted by Crippen LogP contribution is 2.27. The Hall–Kier alpha value is -1.17. The zero-order valence-corrected chi connectivity index (χ0v) is 12.6. The van der Waals surface area contributed by atoms with Crippen LogP contribution in [0.15, 0.2) is 34.9 Å². The highest BCUT2D eigenvalue weighted by molar-refractivity contribution is 9.10. The van der Waals surface area contributed by atoms with Crippen molar-refractivity contribution in [1.82, 2.24) is 4.98 Å². The standard InChI is InChI=1S/C14H17BrN2O2/c1-18-9-10(19-2)8-17-14-12-4-3-5-13(15)11(12)6-7-16-14/h3-7,10H,8-9H2,1-2H3,(H,16,17). The molecule has 0 aliphatic carbocycles. The Balaban J connectivity index is 2.19. The fraction of sp³-hybridized carbons (Fsp3) is 0.357.